The molecule has 1 heterocycles. The highest BCUT2D eigenvalue weighted by atomic mass is 32.1. The fraction of sp³-hybridized carbons (Fsp3) is 0.267. The van der Waals surface area contributed by atoms with Crippen LogP contribution in [0, 0.1) is 12.7 Å². The first kappa shape index (κ1) is 14.7. The van der Waals surface area contributed by atoms with Gasteiger partial charge in [-0.1, -0.05) is 12.1 Å². The Balaban J connectivity index is 2.02. The number of carbonyl (C=O) groups excluding carboxylic acids is 1. The normalized spacial score (nSPS) is 13.8. The molecule has 0 saturated carbocycles. The van der Waals surface area contributed by atoms with Crippen molar-refractivity contribution in [3.8, 4) is 0 Å². The molecule has 5 heteroatoms. The van der Waals surface area contributed by atoms with Crippen molar-refractivity contribution in [1.82, 2.24) is 5.32 Å². The van der Waals surface area contributed by atoms with Gasteiger partial charge < -0.3 is 10.4 Å². The van der Waals surface area contributed by atoms with E-state index in [9.17, 15) is 14.3 Å². The lowest BCUT2D eigenvalue weighted by atomic mass is 10.0. The van der Waals surface area contributed by atoms with Crippen LogP contribution in [0.1, 0.15) is 33.1 Å². The zero-order valence-corrected chi connectivity index (χ0v) is 12.1. The minimum Gasteiger partial charge on any atom is -0.386 e. The third-order valence-electron chi connectivity index (χ3n) is 3.01. The van der Waals surface area contributed by atoms with E-state index in [4.69, 9.17) is 0 Å². The number of hydrogen-bond acceptors (Lipinski definition) is 3. The Morgan fingerprint density at radius 1 is 1.25 bits per heavy atom. The van der Waals surface area contributed by atoms with Gasteiger partial charge in [0.1, 0.15) is 5.82 Å². The van der Waals surface area contributed by atoms with Crippen LogP contribution >= 0.6 is 11.3 Å². The summed E-state index contributed by atoms with van der Waals surface area (Å²) in [6.07, 6.45) is -0.874. The van der Waals surface area contributed by atoms with Crippen LogP contribution in [0.3, 0.4) is 0 Å². The summed E-state index contributed by atoms with van der Waals surface area (Å²) in [7, 11) is 0. The molecule has 2 rings (SSSR count). The Labute approximate surface area is 121 Å². The number of benzene rings is 1. The SMILES string of the molecule is Cc1ccc(C(=O)NC(C)C(O)c2ccc(F)cc2)s1. The summed E-state index contributed by atoms with van der Waals surface area (Å²) in [4.78, 5) is 13.7. The van der Waals surface area contributed by atoms with Crippen molar-refractivity contribution in [3.05, 3.63) is 57.5 Å². The zero-order valence-electron chi connectivity index (χ0n) is 11.3. The highest BCUT2D eigenvalue weighted by molar-refractivity contribution is 7.13. The fourth-order valence-corrected chi connectivity index (χ4v) is 2.63. The first-order valence-electron chi connectivity index (χ1n) is 6.28. The first-order chi connectivity index (χ1) is 9.47. The molecule has 3 nitrogen and oxygen atoms in total. The van der Waals surface area contributed by atoms with Crippen LogP contribution in [-0.2, 0) is 0 Å². The highest BCUT2D eigenvalue weighted by Gasteiger charge is 2.19. The Kier molecular flexibility index (Phi) is 4.52. The van der Waals surface area contributed by atoms with Crippen molar-refractivity contribution in [2.75, 3.05) is 0 Å². The number of halogens is 1. The second-order valence-corrected chi connectivity index (χ2v) is 5.96. The van der Waals surface area contributed by atoms with Gasteiger partial charge in [-0.05, 0) is 43.7 Å². The number of carbonyl (C=O) groups is 1. The molecule has 2 unspecified atom stereocenters. The van der Waals surface area contributed by atoms with Crippen molar-refractivity contribution in [3.63, 3.8) is 0 Å². The Bertz CT molecular complexity index is 594. The van der Waals surface area contributed by atoms with E-state index in [-0.39, 0.29) is 11.7 Å². The predicted molar refractivity (Wildman–Crippen MR) is 77.3 cm³/mol. The average Bonchev–Trinajstić information content (AvgIpc) is 2.85. The first-order valence-corrected chi connectivity index (χ1v) is 7.10. The van der Waals surface area contributed by atoms with Crippen molar-refractivity contribution in [1.29, 1.82) is 0 Å². The van der Waals surface area contributed by atoms with E-state index in [1.54, 1.807) is 13.0 Å². The van der Waals surface area contributed by atoms with Gasteiger partial charge in [0.2, 0.25) is 0 Å². The molecular weight excluding hydrogens is 277 g/mol. The molecule has 0 fully saturated rings. The summed E-state index contributed by atoms with van der Waals surface area (Å²) in [5, 5.41) is 12.9. The van der Waals surface area contributed by atoms with Crippen LogP contribution in [0.2, 0.25) is 0 Å². The molecule has 20 heavy (non-hydrogen) atoms. The van der Waals surface area contributed by atoms with Crippen molar-refractivity contribution in [2.24, 2.45) is 0 Å². The number of thiophene rings is 1. The summed E-state index contributed by atoms with van der Waals surface area (Å²) in [5.74, 6) is -0.566. The van der Waals surface area contributed by atoms with Gasteiger partial charge in [-0.15, -0.1) is 11.3 Å². The van der Waals surface area contributed by atoms with Gasteiger partial charge in [-0.25, -0.2) is 4.39 Å². The lowest BCUT2D eigenvalue weighted by molar-refractivity contribution is 0.0856. The summed E-state index contributed by atoms with van der Waals surface area (Å²) >= 11 is 1.40. The van der Waals surface area contributed by atoms with Gasteiger partial charge >= 0.3 is 0 Å². The molecule has 0 saturated heterocycles. The number of aliphatic hydroxyl groups excluding tert-OH is 1. The molecule has 0 radical (unpaired) electrons. The van der Waals surface area contributed by atoms with Gasteiger partial charge in [0, 0.05) is 4.88 Å². The van der Waals surface area contributed by atoms with Crippen molar-refractivity contribution < 1.29 is 14.3 Å². The lowest BCUT2D eigenvalue weighted by Gasteiger charge is -2.20. The van der Waals surface area contributed by atoms with Crippen LogP contribution in [0.15, 0.2) is 36.4 Å². The van der Waals surface area contributed by atoms with Crippen LogP contribution in [0.25, 0.3) is 0 Å². The zero-order chi connectivity index (χ0) is 14.7. The highest BCUT2D eigenvalue weighted by Crippen LogP contribution is 2.19. The van der Waals surface area contributed by atoms with E-state index in [0.717, 1.165) is 4.88 Å². The van der Waals surface area contributed by atoms with Crippen LogP contribution in [-0.4, -0.2) is 17.1 Å². The minimum absolute atomic E-state index is 0.211. The Hall–Kier alpha value is -1.72. The number of rotatable bonds is 4. The van der Waals surface area contributed by atoms with Crippen LogP contribution < -0.4 is 5.32 Å². The predicted octanol–water partition coefficient (Wildman–Crippen LogP) is 3.05. The average molecular weight is 293 g/mol. The Morgan fingerprint density at radius 3 is 2.45 bits per heavy atom. The van der Waals surface area contributed by atoms with E-state index in [1.807, 2.05) is 13.0 Å². The van der Waals surface area contributed by atoms with Gasteiger partial charge in [-0.3, -0.25) is 4.79 Å². The summed E-state index contributed by atoms with van der Waals surface area (Å²) < 4.78 is 12.8. The fourth-order valence-electron chi connectivity index (χ4n) is 1.86. The number of aliphatic hydroxyl groups is 1. The summed E-state index contributed by atoms with van der Waals surface area (Å²) in [6, 6.07) is 8.77. The van der Waals surface area contributed by atoms with Gasteiger partial charge in [0.25, 0.3) is 5.91 Å². The topological polar surface area (TPSA) is 49.3 Å². The van der Waals surface area contributed by atoms with Gasteiger partial charge in [-0.2, -0.15) is 0 Å². The summed E-state index contributed by atoms with van der Waals surface area (Å²) in [5.41, 5.74) is 0.571. The monoisotopic (exact) mass is 293 g/mol. The molecule has 1 amide bonds. The van der Waals surface area contributed by atoms with Crippen molar-refractivity contribution in [2.45, 2.75) is 26.0 Å². The molecule has 1 aromatic heterocycles. The molecule has 2 N–H and O–H groups in total. The molecule has 0 aliphatic carbocycles. The van der Waals surface area contributed by atoms with Gasteiger partial charge in [0.15, 0.2) is 0 Å². The number of aryl methyl sites for hydroxylation is 1. The molecule has 2 aromatic rings. The third-order valence-corrected chi connectivity index (χ3v) is 4.01. The number of amides is 1. The molecule has 1 aromatic carbocycles. The van der Waals surface area contributed by atoms with E-state index in [2.05, 4.69) is 5.32 Å². The molecule has 106 valence electrons. The largest absolute Gasteiger partial charge is 0.386 e. The van der Waals surface area contributed by atoms with E-state index in [0.29, 0.717) is 10.4 Å². The lowest BCUT2D eigenvalue weighted by Crippen LogP contribution is -2.36. The number of nitrogens with one attached hydrogen (secondary N) is 1. The van der Waals surface area contributed by atoms with Gasteiger partial charge in [0.05, 0.1) is 17.0 Å². The number of hydrogen-bond donors (Lipinski definition) is 2. The molecule has 0 bridgehead atoms. The maximum Gasteiger partial charge on any atom is 0.261 e. The molecular formula is C15H16FNO2S. The third kappa shape index (κ3) is 3.43. The Morgan fingerprint density at radius 2 is 1.90 bits per heavy atom. The maximum absolute atomic E-state index is 12.8. The smallest absolute Gasteiger partial charge is 0.261 e. The molecule has 0 aliphatic rings. The quantitative estimate of drug-likeness (QED) is 0.910. The second-order valence-electron chi connectivity index (χ2n) is 4.67. The second kappa shape index (κ2) is 6.15. The van der Waals surface area contributed by atoms with E-state index < -0.39 is 12.1 Å². The van der Waals surface area contributed by atoms with Crippen LogP contribution in [0.4, 0.5) is 4.39 Å². The van der Waals surface area contributed by atoms with E-state index in [1.165, 1.54) is 35.6 Å². The molecule has 2 atom stereocenters. The minimum atomic E-state index is -0.874. The van der Waals surface area contributed by atoms with E-state index >= 15 is 0 Å². The molecule has 0 aliphatic heterocycles. The van der Waals surface area contributed by atoms with Crippen LogP contribution in [0.5, 0.6) is 0 Å². The summed E-state index contributed by atoms with van der Waals surface area (Å²) in [6.45, 7) is 3.64. The van der Waals surface area contributed by atoms with Crippen molar-refractivity contribution >= 4 is 17.2 Å². The molecule has 0 spiro atoms. The standard InChI is InChI=1S/C15H16FNO2S/c1-9-3-8-13(20-9)15(19)17-10(2)14(18)11-4-6-12(16)7-5-11/h3-8,10,14,18H,1-2H3,(H,17,19). The maximum atomic E-state index is 12.8.